The number of cyclic esters (lactones) is 2. The fourth-order valence-electron chi connectivity index (χ4n) is 0.730. The van der Waals surface area contributed by atoms with Crippen LogP contribution >= 0.6 is 0 Å². The Morgan fingerprint density at radius 1 is 1.71 bits per heavy atom. The van der Waals surface area contributed by atoms with Crippen molar-refractivity contribution in [1.29, 1.82) is 0 Å². The minimum absolute atomic E-state index is 0.0394. The van der Waals surface area contributed by atoms with E-state index in [-0.39, 0.29) is 13.2 Å². The summed E-state index contributed by atoms with van der Waals surface area (Å²) in [4.78, 5) is 21.3. The Hall–Kier alpha value is -1.78. The summed E-state index contributed by atoms with van der Waals surface area (Å²) < 4.78 is 13.8. The van der Waals surface area contributed by atoms with Gasteiger partial charge in [-0.15, -0.1) is 0 Å². The Labute approximate surface area is 80.9 Å². The summed E-state index contributed by atoms with van der Waals surface area (Å²) in [6.07, 6.45) is 0.730. The predicted molar refractivity (Wildman–Crippen MR) is 46.3 cm³/mol. The van der Waals surface area contributed by atoms with Crippen molar-refractivity contribution >= 4 is 12.1 Å². The molecule has 0 aliphatic carbocycles. The first-order chi connectivity index (χ1) is 6.59. The van der Waals surface area contributed by atoms with E-state index in [9.17, 15) is 9.59 Å². The number of ether oxygens (including phenoxy) is 3. The number of rotatable bonds is 3. The zero-order valence-corrected chi connectivity index (χ0v) is 7.74. The van der Waals surface area contributed by atoms with Gasteiger partial charge in [0.2, 0.25) is 0 Å². The van der Waals surface area contributed by atoms with Gasteiger partial charge < -0.3 is 14.2 Å². The van der Waals surface area contributed by atoms with Gasteiger partial charge in [-0.1, -0.05) is 6.58 Å². The molecule has 1 heterocycles. The van der Waals surface area contributed by atoms with Crippen LogP contribution in [0.3, 0.4) is 0 Å². The lowest BCUT2D eigenvalue weighted by atomic mass is 10.4. The molecular formula is C9H10O5. The molecule has 0 bridgehead atoms. The maximum Gasteiger partial charge on any atom is 0.514 e. The van der Waals surface area contributed by atoms with E-state index >= 15 is 0 Å². The second-order valence-electron chi connectivity index (χ2n) is 2.69. The van der Waals surface area contributed by atoms with Crippen molar-refractivity contribution < 1.29 is 23.8 Å². The van der Waals surface area contributed by atoms with Gasteiger partial charge in [-0.25, -0.2) is 9.59 Å². The molecule has 0 aromatic heterocycles. The van der Waals surface area contributed by atoms with E-state index < -0.39 is 12.1 Å². The van der Waals surface area contributed by atoms with Crippen LogP contribution in [-0.2, 0) is 19.0 Å². The third-order valence-electron chi connectivity index (χ3n) is 1.42. The molecule has 5 heteroatoms. The number of hydrogen-bond acceptors (Lipinski definition) is 5. The topological polar surface area (TPSA) is 61.8 Å². The molecule has 76 valence electrons. The molecule has 5 nitrogen and oxygen atoms in total. The summed E-state index contributed by atoms with van der Waals surface area (Å²) in [6.45, 7) is 5.09. The average Bonchev–Trinajstić information content (AvgIpc) is 2.51. The second-order valence-corrected chi connectivity index (χ2v) is 2.69. The van der Waals surface area contributed by atoms with Crippen molar-refractivity contribution in [2.45, 2.75) is 6.92 Å². The zero-order chi connectivity index (χ0) is 10.6. The van der Waals surface area contributed by atoms with Crippen LogP contribution in [0.1, 0.15) is 6.92 Å². The molecule has 1 aliphatic rings. The Balaban J connectivity index is 2.30. The Kier molecular flexibility index (Phi) is 3.28. The van der Waals surface area contributed by atoms with Gasteiger partial charge in [0.15, 0.2) is 6.61 Å². The van der Waals surface area contributed by atoms with Crippen LogP contribution in [0.25, 0.3) is 0 Å². The lowest BCUT2D eigenvalue weighted by Gasteiger charge is -1.99. The number of carbonyl (C=O) groups excluding carboxylic acids is 2. The summed E-state index contributed by atoms with van der Waals surface area (Å²) in [5.74, 6) is -0.128. The lowest BCUT2D eigenvalue weighted by Crippen LogP contribution is -2.05. The minimum Gasteiger partial charge on any atom is -0.458 e. The first-order valence-corrected chi connectivity index (χ1v) is 3.96. The summed E-state index contributed by atoms with van der Waals surface area (Å²) in [6, 6.07) is 0. The smallest absolute Gasteiger partial charge is 0.458 e. The van der Waals surface area contributed by atoms with Gasteiger partial charge >= 0.3 is 12.1 Å². The van der Waals surface area contributed by atoms with Gasteiger partial charge in [0.1, 0.15) is 12.4 Å². The average molecular weight is 198 g/mol. The van der Waals surface area contributed by atoms with Crippen LogP contribution in [0, 0.1) is 0 Å². The monoisotopic (exact) mass is 198 g/mol. The highest BCUT2D eigenvalue weighted by Gasteiger charge is 2.17. The van der Waals surface area contributed by atoms with Crippen LogP contribution < -0.4 is 0 Å². The van der Waals surface area contributed by atoms with Crippen LogP contribution in [0.15, 0.2) is 24.0 Å². The molecule has 0 spiro atoms. The third kappa shape index (κ3) is 2.93. The standard InChI is InChI=1S/C9H10O5/c1-6(2)8(10)12-4-3-7-5-13-9(11)14-7/h3H,1,4-5H2,2H3. The van der Waals surface area contributed by atoms with Gasteiger partial charge in [0, 0.05) is 5.57 Å². The van der Waals surface area contributed by atoms with Gasteiger partial charge in [-0.05, 0) is 13.0 Å². The molecule has 0 unspecified atom stereocenters. The number of esters is 1. The second kappa shape index (κ2) is 4.45. The molecule has 1 fully saturated rings. The van der Waals surface area contributed by atoms with Gasteiger partial charge in [-0.3, -0.25) is 0 Å². The summed E-state index contributed by atoms with van der Waals surface area (Å²) >= 11 is 0. The maximum absolute atomic E-state index is 10.9. The Bertz CT molecular complexity index is 302. The number of carbonyl (C=O) groups is 2. The third-order valence-corrected chi connectivity index (χ3v) is 1.42. The van der Waals surface area contributed by atoms with Crippen molar-refractivity contribution in [2.75, 3.05) is 13.2 Å². The molecule has 0 radical (unpaired) electrons. The van der Waals surface area contributed by atoms with E-state index in [4.69, 9.17) is 4.74 Å². The van der Waals surface area contributed by atoms with Crippen molar-refractivity contribution in [2.24, 2.45) is 0 Å². The molecule has 1 saturated heterocycles. The van der Waals surface area contributed by atoms with Crippen LogP contribution in [0.5, 0.6) is 0 Å². The van der Waals surface area contributed by atoms with Crippen LogP contribution in [0.4, 0.5) is 4.79 Å². The molecule has 0 aromatic rings. The van der Waals surface area contributed by atoms with E-state index in [1.807, 2.05) is 0 Å². The molecule has 14 heavy (non-hydrogen) atoms. The Morgan fingerprint density at radius 2 is 2.43 bits per heavy atom. The van der Waals surface area contributed by atoms with Crippen molar-refractivity contribution in [1.82, 2.24) is 0 Å². The minimum atomic E-state index is -0.734. The molecule has 1 rings (SSSR count). The molecule has 1 aliphatic heterocycles. The summed E-state index contributed by atoms with van der Waals surface area (Å²) in [7, 11) is 0. The van der Waals surface area contributed by atoms with Gasteiger partial charge in [0.25, 0.3) is 0 Å². The first kappa shape index (κ1) is 10.3. The normalized spacial score (nSPS) is 17.5. The Morgan fingerprint density at radius 3 is 2.93 bits per heavy atom. The molecule has 0 amide bonds. The van der Waals surface area contributed by atoms with E-state index in [0.29, 0.717) is 11.3 Å². The van der Waals surface area contributed by atoms with E-state index in [1.165, 1.54) is 6.08 Å². The van der Waals surface area contributed by atoms with Crippen LogP contribution in [-0.4, -0.2) is 25.3 Å². The zero-order valence-electron chi connectivity index (χ0n) is 7.74. The molecule has 0 aromatic carbocycles. The first-order valence-electron chi connectivity index (χ1n) is 3.96. The molecular weight excluding hydrogens is 188 g/mol. The SMILES string of the molecule is C=C(C)C(=O)OCC=C1COC(=O)O1. The lowest BCUT2D eigenvalue weighted by molar-refractivity contribution is -0.137. The largest absolute Gasteiger partial charge is 0.514 e. The van der Waals surface area contributed by atoms with E-state index in [2.05, 4.69) is 16.1 Å². The fourth-order valence-corrected chi connectivity index (χ4v) is 0.730. The summed E-state index contributed by atoms with van der Waals surface area (Å²) in [5, 5.41) is 0. The van der Waals surface area contributed by atoms with Crippen molar-refractivity contribution in [3.05, 3.63) is 24.0 Å². The maximum atomic E-state index is 10.9. The fraction of sp³-hybridized carbons (Fsp3) is 0.333. The highest BCUT2D eigenvalue weighted by atomic mass is 16.8. The van der Waals surface area contributed by atoms with Crippen LogP contribution in [0.2, 0.25) is 0 Å². The van der Waals surface area contributed by atoms with E-state index in [0.717, 1.165) is 0 Å². The molecule has 0 N–H and O–H groups in total. The van der Waals surface area contributed by atoms with Crippen molar-refractivity contribution in [3.63, 3.8) is 0 Å². The predicted octanol–water partition coefficient (Wildman–Crippen LogP) is 1.16. The summed E-state index contributed by atoms with van der Waals surface area (Å²) in [5.41, 5.74) is 0.322. The van der Waals surface area contributed by atoms with Gasteiger partial charge in [0.05, 0.1) is 0 Å². The number of hydrogen-bond donors (Lipinski definition) is 0. The highest BCUT2D eigenvalue weighted by molar-refractivity contribution is 5.86. The van der Waals surface area contributed by atoms with Gasteiger partial charge in [-0.2, -0.15) is 0 Å². The van der Waals surface area contributed by atoms with E-state index in [1.54, 1.807) is 6.92 Å². The quantitative estimate of drug-likeness (QED) is 0.503. The highest BCUT2D eigenvalue weighted by Crippen LogP contribution is 2.09. The molecule has 0 atom stereocenters. The molecule has 0 saturated carbocycles. The van der Waals surface area contributed by atoms with Crippen molar-refractivity contribution in [3.8, 4) is 0 Å².